The minimum absolute atomic E-state index is 0.126. The van der Waals surface area contributed by atoms with Gasteiger partial charge in [-0.1, -0.05) is 54.2 Å². The number of hydrogen-bond donors (Lipinski definition) is 0. The largest absolute Gasteiger partial charge is 0.313 e. The molecule has 170 valence electrons. The second-order valence-corrected chi connectivity index (χ2v) is 10.0. The van der Waals surface area contributed by atoms with Crippen LogP contribution >= 0.6 is 34.5 Å². The van der Waals surface area contributed by atoms with Gasteiger partial charge in [0.15, 0.2) is 10.5 Å². The van der Waals surface area contributed by atoms with Gasteiger partial charge >= 0.3 is 0 Å². The summed E-state index contributed by atoms with van der Waals surface area (Å²) in [5.74, 6) is 0. The summed E-state index contributed by atoms with van der Waals surface area (Å²) < 4.78 is 5.80. The van der Waals surface area contributed by atoms with Crippen molar-refractivity contribution in [3.63, 3.8) is 0 Å². The van der Waals surface area contributed by atoms with Gasteiger partial charge in [0.25, 0.3) is 5.56 Å². The molecule has 0 unspecified atom stereocenters. The molecule has 2 aromatic heterocycles. The Balaban J connectivity index is 1.72. The van der Waals surface area contributed by atoms with Gasteiger partial charge in [-0.3, -0.25) is 9.48 Å². The SMILES string of the molecule is Cc1c(N=c2scc(-c3ccc(Cl)cc3Cl)n2C2CCCC2)c(=O)n(-c2ccccc2)n1C. The first-order chi connectivity index (χ1) is 16.0. The molecule has 0 spiro atoms. The molecule has 1 saturated carbocycles. The van der Waals surface area contributed by atoms with E-state index in [0.717, 1.165) is 40.3 Å². The second kappa shape index (κ2) is 9.01. The van der Waals surface area contributed by atoms with Crippen molar-refractivity contribution >= 4 is 40.2 Å². The lowest BCUT2D eigenvalue weighted by Crippen LogP contribution is -2.21. The van der Waals surface area contributed by atoms with Gasteiger partial charge in [0, 0.05) is 29.1 Å². The van der Waals surface area contributed by atoms with Crippen LogP contribution in [-0.2, 0) is 7.05 Å². The van der Waals surface area contributed by atoms with E-state index in [1.807, 2.05) is 61.1 Å². The molecule has 0 radical (unpaired) electrons. The molecule has 0 bridgehead atoms. The highest BCUT2D eigenvalue weighted by Gasteiger charge is 2.23. The molecule has 2 heterocycles. The lowest BCUT2D eigenvalue weighted by Gasteiger charge is -2.17. The topological polar surface area (TPSA) is 44.2 Å². The number of rotatable bonds is 4. The van der Waals surface area contributed by atoms with Gasteiger partial charge in [-0.05, 0) is 50.1 Å². The van der Waals surface area contributed by atoms with Crippen LogP contribution in [0.15, 0.2) is 63.7 Å². The standard InChI is InChI=1S/C25H24Cl2N4OS/c1-16-23(24(32)31(29(16)2)19-10-4-3-5-11-19)28-25-30(18-8-6-7-9-18)22(15-33-25)20-13-12-17(26)14-21(20)27/h3-5,10-15,18H,6-9H2,1-2H3. The van der Waals surface area contributed by atoms with E-state index in [1.54, 1.807) is 22.1 Å². The summed E-state index contributed by atoms with van der Waals surface area (Å²) in [5.41, 5.74) is 3.92. The fourth-order valence-electron chi connectivity index (χ4n) is 4.59. The summed E-state index contributed by atoms with van der Waals surface area (Å²) in [6.07, 6.45) is 4.55. The van der Waals surface area contributed by atoms with Crippen LogP contribution in [0.4, 0.5) is 5.69 Å². The highest BCUT2D eigenvalue weighted by atomic mass is 35.5. The molecule has 0 aliphatic heterocycles. The molecule has 0 saturated heterocycles. The minimum atomic E-state index is -0.126. The number of hydrogen-bond acceptors (Lipinski definition) is 3. The van der Waals surface area contributed by atoms with E-state index in [0.29, 0.717) is 21.8 Å². The maximum Gasteiger partial charge on any atom is 0.297 e. The van der Waals surface area contributed by atoms with E-state index < -0.39 is 0 Å². The van der Waals surface area contributed by atoms with Crippen LogP contribution in [0.1, 0.15) is 37.4 Å². The van der Waals surface area contributed by atoms with Gasteiger partial charge in [-0.15, -0.1) is 11.3 Å². The van der Waals surface area contributed by atoms with Crippen molar-refractivity contribution < 1.29 is 0 Å². The van der Waals surface area contributed by atoms with Crippen molar-refractivity contribution in [2.24, 2.45) is 12.0 Å². The number of halogens is 2. The molecule has 0 amide bonds. The molecule has 5 nitrogen and oxygen atoms in total. The van der Waals surface area contributed by atoms with E-state index in [4.69, 9.17) is 28.2 Å². The third kappa shape index (κ3) is 4.01. The normalized spacial score (nSPS) is 15.0. The quantitative estimate of drug-likeness (QED) is 0.309. The van der Waals surface area contributed by atoms with Gasteiger partial charge in [0.05, 0.1) is 22.1 Å². The van der Waals surface area contributed by atoms with Crippen molar-refractivity contribution in [1.29, 1.82) is 0 Å². The van der Waals surface area contributed by atoms with Gasteiger partial charge in [0.1, 0.15) is 0 Å². The molecule has 5 rings (SSSR count). The molecule has 8 heteroatoms. The molecule has 1 aliphatic carbocycles. The van der Waals surface area contributed by atoms with Gasteiger partial charge in [-0.25, -0.2) is 9.67 Å². The van der Waals surface area contributed by atoms with Gasteiger partial charge in [-0.2, -0.15) is 0 Å². The number of thiazole rings is 1. The fourth-order valence-corrected chi connectivity index (χ4v) is 6.06. The third-order valence-electron chi connectivity index (χ3n) is 6.37. The summed E-state index contributed by atoms with van der Waals surface area (Å²) in [6, 6.07) is 15.6. The summed E-state index contributed by atoms with van der Waals surface area (Å²) in [5, 5.41) is 3.30. The first-order valence-electron chi connectivity index (χ1n) is 11.0. The Bertz CT molecular complexity index is 1440. The Morgan fingerprint density at radius 1 is 1.06 bits per heavy atom. The van der Waals surface area contributed by atoms with Crippen molar-refractivity contribution in [1.82, 2.24) is 13.9 Å². The summed E-state index contributed by atoms with van der Waals surface area (Å²) >= 11 is 14.3. The molecule has 33 heavy (non-hydrogen) atoms. The van der Waals surface area contributed by atoms with Crippen molar-refractivity contribution in [2.75, 3.05) is 0 Å². The molecule has 0 atom stereocenters. The highest BCUT2D eigenvalue weighted by molar-refractivity contribution is 7.07. The Labute approximate surface area is 206 Å². The Morgan fingerprint density at radius 3 is 2.48 bits per heavy atom. The first kappa shape index (κ1) is 22.3. The zero-order chi connectivity index (χ0) is 23.1. The molecular weight excluding hydrogens is 475 g/mol. The summed E-state index contributed by atoms with van der Waals surface area (Å²) in [4.78, 5) is 19.2. The smallest absolute Gasteiger partial charge is 0.297 e. The molecule has 2 aromatic carbocycles. The number of para-hydroxylation sites is 1. The van der Waals surface area contributed by atoms with Gasteiger partial charge in [0.2, 0.25) is 0 Å². The van der Waals surface area contributed by atoms with Gasteiger partial charge < -0.3 is 4.57 Å². The van der Waals surface area contributed by atoms with E-state index in [2.05, 4.69) is 9.95 Å². The molecular formula is C25H24Cl2N4OS. The number of aromatic nitrogens is 3. The zero-order valence-electron chi connectivity index (χ0n) is 18.5. The summed E-state index contributed by atoms with van der Waals surface area (Å²) in [7, 11) is 1.89. The average Bonchev–Trinajstić information content (AvgIpc) is 3.51. The maximum atomic E-state index is 13.4. The number of nitrogens with zero attached hydrogens (tertiary/aromatic N) is 4. The monoisotopic (exact) mass is 498 g/mol. The van der Waals surface area contributed by atoms with Crippen LogP contribution in [0.3, 0.4) is 0 Å². The zero-order valence-corrected chi connectivity index (χ0v) is 20.8. The van der Waals surface area contributed by atoms with Crippen molar-refractivity contribution in [3.05, 3.63) is 84.8 Å². The van der Waals surface area contributed by atoms with E-state index in [1.165, 1.54) is 12.8 Å². The second-order valence-electron chi connectivity index (χ2n) is 8.36. The van der Waals surface area contributed by atoms with Crippen molar-refractivity contribution in [2.45, 2.75) is 38.6 Å². The Hall–Kier alpha value is -2.54. The summed E-state index contributed by atoms with van der Waals surface area (Å²) in [6.45, 7) is 1.93. The highest BCUT2D eigenvalue weighted by Crippen LogP contribution is 2.36. The predicted molar refractivity (Wildman–Crippen MR) is 136 cm³/mol. The average molecular weight is 499 g/mol. The van der Waals surface area contributed by atoms with Crippen LogP contribution in [0.2, 0.25) is 10.0 Å². The Morgan fingerprint density at radius 2 is 1.79 bits per heavy atom. The molecule has 4 aromatic rings. The lowest BCUT2D eigenvalue weighted by atomic mass is 10.1. The third-order valence-corrected chi connectivity index (χ3v) is 7.76. The van der Waals surface area contributed by atoms with Crippen LogP contribution in [0.25, 0.3) is 16.9 Å². The van der Waals surface area contributed by atoms with E-state index in [9.17, 15) is 4.79 Å². The first-order valence-corrected chi connectivity index (χ1v) is 12.6. The van der Waals surface area contributed by atoms with E-state index >= 15 is 0 Å². The minimum Gasteiger partial charge on any atom is -0.313 e. The lowest BCUT2D eigenvalue weighted by molar-refractivity contribution is 0.512. The molecule has 1 aliphatic rings. The fraction of sp³-hybridized carbons (Fsp3) is 0.280. The van der Waals surface area contributed by atoms with Crippen LogP contribution in [0.5, 0.6) is 0 Å². The van der Waals surface area contributed by atoms with Crippen molar-refractivity contribution in [3.8, 4) is 16.9 Å². The molecule has 0 N–H and O–H groups in total. The molecule has 1 fully saturated rings. The maximum absolute atomic E-state index is 13.4. The predicted octanol–water partition coefficient (Wildman–Crippen LogP) is 6.67. The van der Waals surface area contributed by atoms with Crippen LogP contribution < -0.4 is 10.4 Å². The van der Waals surface area contributed by atoms with Crippen LogP contribution in [0, 0.1) is 6.92 Å². The Kier molecular flexibility index (Phi) is 6.08. The van der Waals surface area contributed by atoms with E-state index in [-0.39, 0.29) is 5.56 Å². The number of benzene rings is 2. The van der Waals surface area contributed by atoms with Crippen LogP contribution in [-0.4, -0.2) is 13.9 Å².